The molecule has 0 aromatic heterocycles. The molecule has 0 aliphatic rings. The number of rotatable bonds is 12. The highest BCUT2D eigenvalue weighted by molar-refractivity contribution is 7.92. The number of non-ortho nitro benzene ring substituents is 1. The Hall–Kier alpha value is -4.32. The number of hydrogen-bond donors (Lipinski definition) is 1. The number of hydrogen-bond acceptors (Lipinski definition) is 6. The van der Waals surface area contributed by atoms with Gasteiger partial charge in [-0.1, -0.05) is 50.2 Å². The molecule has 3 aromatic rings. The van der Waals surface area contributed by atoms with E-state index in [0.717, 1.165) is 21.3 Å². The molecule has 2 amide bonds. The maximum Gasteiger partial charge on any atom is 0.269 e. The fourth-order valence-electron chi connectivity index (χ4n) is 3.83. The van der Waals surface area contributed by atoms with Crippen molar-refractivity contribution in [3.63, 3.8) is 0 Å². The van der Waals surface area contributed by atoms with Crippen LogP contribution in [0.1, 0.15) is 26.3 Å². The lowest BCUT2D eigenvalue weighted by Gasteiger charge is -2.32. The normalized spacial score (nSPS) is 12.0. The molecule has 10 nitrogen and oxygen atoms in total. The highest BCUT2D eigenvalue weighted by atomic mass is 32.2. The summed E-state index contributed by atoms with van der Waals surface area (Å²) in [7, 11) is -4.32. The van der Waals surface area contributed by atoms with Crippen molar-refractivity contribution in [2.75, 3.05) is 17.4 Å². The van der Waals surface area contributed by atoms with Crippen LogP contribution in [-0.4, -0.2) is 49.2 Å². The van der Waals surface area contributed by atoms with E-state index in [-0.39, 0.29) is 34.3 Å². The minimum Gasteiger partial charge on any atom is -0.354 e. The van der Waals surface area contributed by atoms with Crippen LogP contribution in [0, 0.1) is 21.8 Å². The average molecular weight is 571 g/mol. The van der Waals surface area contributed by atoms with Crippen molar-refractivity contribution in [1.29, 1.82) is 0 Å². The number of carbonyl (C=O) groups is 2. The van der Waals surface area contributed by atoms with E-state index >= 15 is 0 Å². The lowest BCUT2D eigenvalue weighted by atomic mass is 10.1. The van der Waals surface area contributed by atoms with Crippen molar-refractivity contribution in [2.24, 2.45) is 5.92 Å². The number of sulfonamides is 1. The van der Waals surface area contributed by atoms with Gasteiger partial charge in [0.05, 0.1) is 15.5 Å². The van der Waals surface area contributed by atoms with Crippen LogP contribution in [0.2, 0.25) is 0 Å². The van der Waals surface area contributed by atoms with Crippen LogP contribution in [0.5, 0.6) is 0 Å². The quantitative estimate of drug-likeness (QED) is 0.258. The Labute approximate surface area is 232 Å². The third-order valence-electron chi connectivity index (χ3n) is 6.11. The van der Waals surface area contributed by atoms with E-state index in [9.17, 15) is 32.5 Å². The first-order chi connectivity index (χ1) is 18.9. The lowest BCUT2D eigenvalue weighted by Crippen LogP contribution is -2.51. The average Bonchev–Trinajstić information content (AvgIpc) is 2.94. The van der Waals surface area contributed by atoms with Gasteiger partial charge in [0.15, 0.2) is 0 Å². The minimum atomic E-state index is -4.32. The summed E-state index contributed by atoms with van der Waals surface area (Å²) in [4.78, 5) is 38.3. The highest BCUT2D eigenvalue weighted by Gasteiger charge is 2.33. The number of nitrogens with one attached hydrogen (secondary N) is 1. The molecule has 0 heterocycles. The second-order valence-electron chi connectivity index (χ2n) is 9.53. The van der Waals surface area contributed by atoms with Crippen molar-refractivity contribution >= 4 is 33.2 Å². The Morgan fingerprint density at radius 3 is 2.12 bits per heavy atom. The molecule has 12 heteroatoms. The van der Waals surface area contributed by atoms with Crippen molar-refractivity contribution < 1.29 is 27.3 Å². The molecule has 0 aliphatic carbocycles. The van der Waals surface area contributed by atoms with Gasteiger partial charge in [-0.3, -0.25) is 24.0 Å². The summed E-state index contributed by atoms with van der Waals surface area (Å²) in [6, 6.07) is 16.8. The van der Waals surface area contributed by atoms with Crippen molar-refractivity contribution in [2.45, 2.75) is 38.3 Å². The maximum absolute atomic E-state index is 14.6. The summed E-state index contributed by atoms with van der Waals surface area (Å²) in [6.45, 7) is 4.61. The smallest absolute Gasteiger partial charge is 0.269 e. The van der Waals surface area contributed by atoms with Gasteiger partial charge in [0.25, 0.3) is 15.7 Å². The maximum atomic E-state index is 14.6. The predicted molar refractivity (Wildman–Crippen MR) is 148 cm³/mol. The second kappa shape index (κ2) is 13.2. The van der Waals surface area contributed by atoms with Crippen LogP contribution in [0.4, 0.5) is 15.8 Å². The molecule has 0 saturated heterocycles. The van der Waals surface area contributed by atoms with E-state index < -0.39 is 45.2 Å². The zero-order valence-corrected chi connectivity index (χ0v) is 23.2. The SMILES string of the molecule is CC(C)CNC(=O)[C@@H](C)N(Cc1ccccc1F)C(=O)CN(c1ccc([N+](=O)[O-])cc1)S(=O)(=O)c1ccccc1. The van der Waals surface area contributed by atoms with E-state index in [1.807, 2.05) is 13.8 Å². The fraction of sp³-hybridized carbons (Fsp3) is 0.286. The van der Waals surface area contributed by atoms with Gasteiger partial charge in [0, 0.05) is 30.8 Å². The molecule has 40 heavy (non-hydrogen) atoms. The summed E-state index contributed by atoms with van der Waals surface area (Å²) >= 11 is 0. The Bertz CT molecular complexity index is 1450. The van der Waals surface area contributed by atoms with Crippen LogP contribution in [0.15, 0.2) is 83.8 Å². The van der Waals surface area contributed by atoms with Gasteiger partial charge >= 0.3 is 0 Å². The van der Waals surface area contributed by atoms with Gasteiger partial charge in [-0.05, 0) is 43.2 Å². The molecule has 0 bridgehead atoms. The molecule has 3 aromatic carbocycles. The number of anilines is 1. The van der Waals surface area contributed by atoms with Crippen molar-refractivity contribution in [3.8, 4) is 0 Å². The Balaban J connectivity index is 2.03. The molecule has 0 radical (unpaired) electrons. The number of nitro benzene ring substituents is 1. The summed E-state index contributed by atoms with van der Waals surface area (Å²) in [5.41, 5.74) is -0.110. The van der Waals surface area contributed by atoms with Gasteiger partial charge in [-0.25, -0.2) is 12.8 Å². The Kier molecular flexibility index (Phi) is 9.94. The fourth-order valence-corrected chi connectivity index (χ4v) is 5.27. The van der Waals surface area contributed by atoms with Gasteiger partial charge in [-0.15, -0.1) is 0 Å². The van der Waals surface area contributed by atoms with E-state index in [2.05, 4.69) is 5.32 Å². The van der Waals surface area contributed by atoms with E-state index in [0.29, 0.717) is 6.54 Å². The van der Waals surface area contributed by atoms with E-state index in [4.69, 9.17) is 0 Å². The number of nitro groups is 1. The van der Waals surface area contributed by atoms with Crippen molar-refractivity contribution in [3.05, 3.63) is 100 Å². The standard InChI is InChI=1S/C28H31FN4O6S/c1-20(2)17-30-28(35)21(3)31(18-22-9-7-8-12-26(22)29)27(34)19-32(23-13-15-24(16-14-23)33(36)37)40(38,39)25-10-5-4-6-11-25/h4-16,20-21H,17-19H2,1-3H3,(H,30,35)/t21-/m1/s1. The molecule has 0 saturated carbocycles. The largest absolute Gasteiger partial charge is 0.354 e. The summed E-state index contributed by atoms with van der Waals surface area (Å²) in [5, 5.41) is 13.9. The summed E-state index contributed by atoms with van der Waals surface area (Å²) in [6.07, 6.45) is 0. The Morgan fingerprint density at radius 2 is 1.55 bits per heavy atom. The summed E-state index contributed by atoms with van der Waals surface area (Å²) < 4.78 is 42.8. The molecule has 0 unspecified atom stereocenters. The topological polar surface area (TPSA) is 130 Å². The zero-order chi connectivity index (χ0) is 29.4. The molecular formula is C28H31FN4O6S. The van der Waals surface area contributed by atoms with E-state index in [1.165, 1.54) is 61.5 Å². The number of amides is 2. The molecule has 212 valence electrons. The predicted octanol–water partition coefficient (Wildman–Crippen LogP) is 4.12. The third-order valence-corrected chi connectivity index (χ3v) is 7.90. The second-order valence-corrected chi connectivity index (χ2v) is 11.4. The molecule has 1 N–H and O–H groups in total. The summed E-state index contributed by atoms with van der Waals surface area (Å²) in [5.74, 6) is -1.70. The lowest BCUT2D eigenvalue weighted by molar-refractivity contribution is -0.384. The first-order valence-corrected chi connectivity index (χ1v) is 14.0. The van der Waals surface area contributed by atoms with E-state index in [1.54, 1.807) is 12.1 Å². The highest BCUT2D eigenvalue weighted by Crippen LogP contribution is 2.26. The molecule has 0 aliphatic heterocycles. The van der Waals surface area contributed by atoms with Crippen LogP contribution in [-0.2, 0) is 26.2 Å². The van der Waals surface area contributed by atoms with Gasteiger partial charge in [-0.2, -0.15) is 0 Å². The van der Waals surface area contributed by atoms with Crippen LogP contribution in [0.3, 0.4) is 0 Å². The monoisotopic (exact) mass is 570 g/mol. The molecule has 1 atom stereocenters. The number of nitrogens with zero attached hydrogens (tertiary/aromatic N) is 3. The zero-order valence-electron chi connectivity index (χ0n) is 22.4. The van der Waals surface area contributed by atoms with Crippen LogP contribution in [0.25, 0.3) is 0 Å². The number of benzene rings is 3. The van der Waals surface area contributed by atoms with Gasteiger partial charge < -0.3 is 10.2 Å². The first kappa shape index (κ1) is 30.2. The molecule has 0 spiro atoms. The Morgan fingerprint density at radius 1 is 0.950 bits per heavy atom. The van der Waals surface area contributed by atoms with Crippen LogP contribution < -0.4 is 9.62 Å². The molecule has 3 rings (SSSR count). The first-order valence-electron chi connectivity index (χ1n) is 12.5. The van der Waals surface area contributed by atoms with Gasteiger partial charge in [0.2, 0.25) is 11.8 Å². The third kappa shape index (κ3) is 7.41. The number of halogens is 1. The molecular weight excluding hydrogens is 539 g/mol. The molecule has 0 fully saturated rings. The van der Waals surface area contributed by atoms with Gasteiger partial charge in [0.1, 0.15) is 18.4 Å². The minimum absolute atomic E-state index is 0.00515. The number of carbonyl (C=O) groups excluding carboxylic acids is 2. The van der Waals surface area contributed by atoms with Crippen LogP contribution >= 0.6 is 0 Å². The van der Waals surface area contributed by atoms with Crippen molar-refractivity contribution in [1.82, 2.24) is 10.2 Å².